The quantitative estimate of drug-likeness (QED) is 0.810. The van der Waals surface area contributed by atoms with Gasteiger partial charge in [0.05, 0.1) is 11.3 Å². The molecule has 0 fully saturated rings. The Morgan fingerprint density at radius 1 is 1.58 bits per heavy atom. The first-order valence-corrected chi connectivity index (χ1v) is 6.98. The molecule has 0 aliphatic rings. The Kier molecular flexibility index (Phi) is 4.64. The van der Waals surface area contributed by atoms with Gasteiger partial charge in [-0.05, 0) is 6.92 Å². The van der Waals surface area contributed by atoms with E-state index in [1.54, 1.807) is 28.4 Å². The average molecular weight is 279 g/mol. The van der Waals surface area contributed by atoms with E-state index in [2.05, 4.69) is 15.3 Å². The van der Waals surface area contributed by atoms with Crippen molar-refractivity contribution in [1.29, 1.82) is 0 Å². The molecule has 102 valence electrons. The summed E-state index contributed by atoms with van der Waals surface area (Å²) in [6, 6.07) is 0. The third kappa shape index (κ3) is 3.87. The molecule has 0 spiro atoms. The van der Waals surface area contributed by atoms with Crippen LogP contribution in [0.3, 0.4) is 0 Å². The molecule has 0 aliphatic carbocycles. The van der Waals surface area contributed by atoms with Gasteiger partial charge in [-0.3, -0.25) is 4.79 Å². The molecule has 0 bridgehead atoms. The maximum absolute atomic E-state index is 11.8. The third-order valence-electron chi connectivity index (χ3n) is 2.54. The molecule has 0 atom stereocenters. The minimum absolute atomic E-state index is 0.163. The third-order valence-corrected chi connectivity index (χ3v) is 3.57. The summed E-state index contributed by atoms with van der Waals surface area (Å²) in [4.78, 5) is 20.2. The Balaban J connectivity index is 1.80. The van der Waals surface area contributed by atoms with Crippen molar-refractivity contribution in [3.63, 3.8) is 0 Å². The number of aromatic nitrogens is 3. The van der Waals surface area contributed by atoms with Gasteiger partial charge in [-0.15, -0.1) is 11.3 Å². The van der Waals surface area contributed by atoms with Crippen LogP contribution in [0.2, 0.25) is 0 Å². The van der Waals surface area contributed by atoms with Gasteiger partial charge in [0.2, 0.25) is 0 Å². The molecule has 0 radical (unpaired) electrons. The molecule has 0 aliphatic heterocycles. The number of carbonyl (C=O) groups is 1. The van der Waals surface area contributed by atoms with Crippen molar-refractivity contribution in [2.45, 2.75) is 19.9 Å². The first-order valence-electron chi connectivity index (χ1n) is 6.10. The zero-order valence-corrected chi connectivity index (χ0v) is 11.6. The molecular weight excluding hydrogens is 262 g/mol. The van der Waals surface area contributed by atoms with Gasteiger partial charge in [0.15, 0.2) is 0 Å². The highest BCUT2D eigenvalue weighted by Gasteiger charge is 2.08. The standard InChI is InChI=1S/C12H17N5OS/c1-9-7-19-11(16-9)2-4-14-12(18)10-6-17(5-3-13)8-15-10/h6-8H,2-5,13H2,1H3,(H,14,18). The molecule has 2 aromatic heterocycles. The van der Waals surface area contributed by atoms with Crippen molar-refractivity contribution < 1.29 is 4.79 Å². The second-order valence-corrected chi connectivity index (χ2v) is 5.12. The fourth-order valence-corrected chi connectivity index (χ4v) is 2.42. The lowest BCUT2D eigenvalue weighted by Gasteiger charge is -2.01. The summed E-state index contributed by atoms with van der Waals surface area (Å²) in [5.41, 5.74) is 6.88. The van der Waals surface area contributed by atoms with Gasteiger partial charge < -0.3 is 15.6 Å². The predicted octanol–water partition coefficient (Wildman–Crippen LogP) is 0.579. The molecule has 19 heavy (non-hydrogen) atoms. The smallest absolute Gasteiger partial charge is 0.271 e. The van der Waals surface area contributed by atoms with Crippen molar-refractivity contribution in [3.05, 3.63) is 34.3 Å². The van der Waals surface area contributed by atoms with Gasteiger partial charge >= 0.3 is 0 Å². The fourth-order valence-electron chi connectivity index (χ4n) is 1.64. The van der Waals surface area contributed by atoms with Crippen LogP contribution in [0.25, 0.3) is 0 Å². The SMILES string of the molecule is Cc1csc(CCNC(=O)c2cn(CCN)cn2)n1. The first-order chi connectivity index (χ1) is 9.19. The number of carbonyl (C=O) groups excluding carboxylic acids is 1. The second-order valence-electron chi connectivity index (χ2n) is 4.17. The highest BCUT2D eigenvalue weighted by Crippen LogP contribution is 2.08. The van der Waals surface area contributed by atoms with Crippen molar-refractivity contribution in [1.82, 2.24) is 19.9 Å². The lowest BCUT2D eigenvalue weighted by atomic mass is 10.4. The van der Waals surface area contributed by atoms with Crippen LogP contribution in [-0.2, 0) is 13.0 Å². The number of amides is 1. The molecule has 0 saturated carbocycles. The number of aryl methyl sites for hydroxylation is 1. The van der Waals surface area contributed by atoms with Crippen molar-refractivity contribution in [2.75, 3.05) is 13.1 Å². The van der Waals surface area contributed by atoms with Gasteiger partial charge in [-0.2, -0.15) is 0 Å². The van der Waals surface area contributed by atoms with Crippen LogP contribution < -0.4 is 11.1 Å². The van der Waals surface area contributed by atoms with Crippen LogP contribution in [0.1, 0.15) is 21.2 Å². The van der Waals surface area contributed by atoms with Gasteiger partial charge in [0.1, 0.15) is 5.69 Å². The summed E-state index contributed by atoms with van der Waals surface area (Å²) in [6.45, 7) is 3.72. The second kappa shape index (κ2) is 6.44. The summed E-state index contributed by atoms with van der Waals surface area (Å²) in [6.07, 6.45) is 4.06. The Hall–Kier alpha value is -1.73. The van der Waals surface area contributed by atoms with E-state index in [-0.39, 0.29) is 5.91 Å². The van der Waals surface area contributed by atoms with Crippen LogP contribution in [0.15, 0.2) is 17.9 Å². The van der Waals surface area contributed by atoms with E-state index in [0.717, 1.165) is 17.1 Å². The van der Waals surface area contributed by atoms with Crippen LogP contribution in [-0.4, -0.2) is 33.5 Å². The zero-order chi connectivity index (χ0) is 13.7. The Labute approximate surface area is 115 Å². The van der Waals surface area contributed by atoms with Gasteiger partial charge in [-0.25, -0.2) is 9.97 Å². The topological polar surface area (TPSA) is 85.8 Å². The number of nitrogens with zero attached hydrogens (tertiary/aromatic N) is 3. The summed E-state index contributed by atoms with van der Waals surface area (Å²) < 4.78 is 1.80. The lowest BCUT2D eigenvalue weighted by Crippen LogP contribution is -2.26. The van der Waals surface area contributed by atoms with Crippen LogP contribution >= 0.6 is 11.3 Å². The molecule has 2 rings (SSSR count). The van der Waals surface area contributed by atoms with Gasteiger partial charge in [0, 0.05) is 43.3 Å². The monoisotopic (exact) mass is 279 g/mol. The summed E-state index contributed by atoms with van der Waals surface area (Å²) in [7, 11) is 0. The molecule has 0 aromatic carbocycles. The molecular formula is C12H17N5OS. The largest absolute Gasteiger partial charge is 0.350 e. The normalized spacial score (nSPS) is 10.6. The number of imidazole rings is 1. The predicted molar refractivity (Wildman–Crippen MR) is 74.2 cm³/mol. The molecule has 0 saturated heterocycles. The van der Waals surface area contributed by atoms with E-state index in [9.17, 15) is 4.79 Å². The van der Waals surface area contributed by atoms with Crippen molar-refractivity contribution in [2.24, 2.45) is 5.73 Å². The van der Waals surface area contributed by atoms with Crippen molar-refractivity contribution in [3.8, 4) is 0 Å². The van der Waals surface area contributed by atoms with E-state index in [1.807, 2.05) is 12.3 Å². The minimum atomic E-state index is -0.163. The van der Waals surface area contributed by atoms with Gasteiger partial charge in [0.25, 0.3) is 5.91 Å². The highest BCUT2D eigenvalue weighted by molar-refractivity contribution is 7.09. The summed E-state index contributed by atoms with van der Waals surface area (Å²) >= 11 is 1.61. The summed E-state index contributed by atoms with van der Waals surface area (Å²) in [5.74, 6) is -0.163. The molecule has 1 amide bonds. The maximum Gasteiger partial charge on any atom is 0.271 e. The zero-order valence-electron chi connectivity index (χ0n) is 10.8. The van der Waals surface area contributed by atoms with E-state index < -0.39 is 0 Å². The number of thiazole rings is 1. The van der Waals surface area contributed by atoms with Crippen LogP contribution in [0.5, 0.6) is 0 Å². The highest BCUT2D eigenvalue weighted by atomic mass is 32.1. The Morgan fingerprint density at radius 3 is 3.11 bits per heavy atom. The number of hydrogen-bond acceptors (Lipinski definition) is 5. The molecule has 0 unspecified atom stereocenters. The van der Waals surface area contributed by atoms with Gasteiger partial charge in [-0.1, -0.05) is 0 Å². The Bertz CT molecular complexity index is 548. The molecule has 6 nitrogen and oxygen atoms in total. The number of nitrogens with one attached hydrogen (secondary N) is 1. The number of nitrogens with two attached hydrogens (primary N) is 1. The lowest BCUT2D eigenvalue weighted by molar-refractivity contribution is 0.0949. The average Bonchev–Trinajstić information content (AvgIpc) is 2.99. The van der Waals surface area contributed by atoms with Crippen molar-refractivity contribution >= 4 is 17.2 Å². The van der Waals surface area contributed by atoms with Crippen LogP contribution in [0.4, 0.5) is 0 Å². The number of hydrogen-bond donors (Lipinski definition) is 2. The molecule has 2 aromatic rings. The van der Waals surface area contributed by atoms with E-state index in [4.69, 9.17) is 5.73 Å². The molecule has 3 N–H and O–H groups in total. The number of rotatable bonds is 6. The van der Waals surface area contributed by atoms with E-state index in [1.165, 1.54) is 0 Å². The first kappa shape index (κ1) is 13.7. The Morgan fingerprint density at radius 2 is 2.42 bits per heavy atom. The van der Waals surface area contributed by atoms with E-state index in [0.29, 0.717) is 25.3 Å². The molecule has 7 heteroatoms. The van der Waals surface area contributed by atoms with Crippen LogP contribution in [0, 0.1) is 6.92 Å². The fraction of sp³-hybridized carbons (Fsp3) is 0.417. The maximum atomic E-state index is 11.8. The van der Waals surface area contributed by atoms with E-state index >= 15 is 0 Å². The molecule has 2 heterocycles. The minimum Gasteiger partial charge on any atom is -0.350 e. The summed E-state index contributed by atoms with van der Waals surface area (Å²) in [5, 5.41) is 5.87.